The molecule has 0 spiro atoms. The van der Waals surface area contributed by atoms with Crippen molar-refractivity contribution < 1.29 is 33.0 Å². The molecule has 19 heavy (non-hydrogen) atoms. The molecule has 0 aliphatic rings. The van der Waals surface area contributed by atoms with Crippen molar-refractivity contribution in [1.82, 2.24) is 0 Å². The monoisotopic (exact) mass is 295 g/mol. The molecule has 0 bridgehead atoms. The summed E-state index contributed by atoms with van der Waals surface area (Å²) in [4.78, 5) is 10.6. The van der Waals surface area contributed by atoms with Gasteiger partial charge in [-0.15, -0.1) is 9.46 Å². The van der Waals surface area contributed by atoms with Crippen LogP contribution in [-0.2, 0) is 31.4 Å². The van der Waals surface area contributed by atoms with E-state index >= 15 is 0 Å². The number of hydrogen-bond donors (Lipinski definition) is 2. The molecule has 0 aromatic heterocycles. The van der Waals surface area contributed by atoms with E-state index in [1.807, 2.05) is 0 Å². The summed E-state index contributed by atoms with van der Waals surface area (Å²) in [6, 6.07) is 4.83. The van der Waals surface area contributed by atoms with Crippen molar-refractivity contribution in [2.45, 2.75) is 18.6 Å². The van der Waals surface area contributed by atoms with E-state index in [0.29, 0.717) is 11.1 Å². The normalized spacial score (nSPS) is 13.2. The van der Waals surface area contributed by atoms with Crippen LogP contribution in [-0.4, -0.2) is 17.1 Å². The molecular weight excluding hydrogens is 283 g/mol. The van der Waals surface area contributed by atoms with Crippen molar-refractivity contribution >= 4 is 13.6 Å². The van der Waals surface area contributed by atoms with Crippen LogP contribution < -0.4 is 5.73 Å². The van der Waals surface area contributed by atoms with Crippen LogP contribution in [0.1, 0.15) is 11.1 Å². The van der Waals surface area contributed by atoms with E-state index in [-0.39, 0.29) is 6.42 Å². The van der Waals surface area contributed by atoms with E-state index in [0.717, 1.165) is 0 Å². The first kappa shape index (κ1) is 15.7. The van der Waals surface area contributed by atoms with Crippen molar-refractivity contribution in [1.29, 1.82) is 0 Å². The third-order valence-corrected chi connectivity index (χ3v) is 3.56. The predicted octanol–water partition coefficient (Wildman–Crippen LogP) is 2.14. The molecule has 1 atom stereocenters. The number of carboxylic acid groups (broad SMARTS) is 1. The second-order valence-electron chi connectivity index (χ2n) is 3.87. The summed E-state index contributed by atoms with van der Waals surface area (Å²) in [5.41, 5.74) is 6.28. The summed E-state index contributed by atoms with van der Waals surface area (Å²) in [6.45, 7) is 0. The summed E-state index contributed by atoms with van der Waals surface area (Å²) in [6.07, 6.45) is -0.474. The maximum absolute atomic E-state index is 11.9. The Hall–Kier alpha value is -1.34. The number of aliphatic carboxylic acids is 1. The van der Waals surface area contributed by atoms with E-state index in [1.165, 1.54) is 24.3 Å². The van der Waals surface area contributed by atoms with Crippen molar-refractivity contribution in [3.8, 4) is 0 Å². The molecule has 6 nitrogen and oxygen atoms in total. The van der Waals surface area contributed by atoms with Crippen LogP contribution in [0.15, 0.2) is 24.3 Å². The zero-order chi connectivity index (χ0) is 14.5. The van der Waals surface area contributed by atoms with Gasteiger partial charge in [-0.25, -0.2) is 0 Å². The number of benzene rings is 1. The van der Waals surface area contributed by atoms with Gasteiger partial charge in [-0.2, -0.15) is 0 Å². The van der Waals surface area contributed by atoms with Crippen LogP contribution in [0, 0.1) is 0 Å². The van der Waals surface area contributed by atoms with Crippen LogP contribution in [0.5, 0.6) is 0 Å². The molecule has 0 radical (unpaired) electrons. The number of carbonyl (C=O) groups is 1. The highest BCUT2D eigenvalue weighted by Gasteiger charge is 2.28. The first-order valence-electron chi connectivity index (χ1n) is 5.16. The molecule has 106 valence electrons. The van der Waals surface area contributed by atoms with Gasteiger partial charge in [0.15, 0.2) is 0 Å². The minimum atomic E-state index is -4.41. The van der Waals surface area contributed by atoms with Gasteiger partial charge in [0.25, 0.3) is 0 Å². The van der Waals surface area contributed by atoms with Gasteiger partial charge in [0.2, 0.25) is 0 Å². The maximum Gasteiger partial charge on any atom is 0.399 e. The van der Waals surface area contributed by atoms with Crippen molar-refractivity contribution in [2.24, 2.45) is 5.73 Å². The number of nitrogens with two attached hydrogens (primary N) is 1. The van der Waals surface area contributed by atoms with Gasteiger partial charge >= 0.3 is 13.6 Å². The summed E-state index contributed by atoms with van der Waals surface area (Å²) in [5, 5.41) is 8.64. The molecule has 0 aliphatic heterocycles. The summed E-state index contributed by atoms with van der Waals surface area (Å²) in [5.74, 6) is -1.13. The lowest BCUT2D eigenvalue weighted by molar-refractivity contribution is -0.138. The lowest BCUT2D eigenvalue weighted by Crippen LogP contribution is -2.32. The smallest absolute Gasteiger partial charge is 0.399 e. The van der Waals surface area contributed by atoms with E-state index in [2.05, 4.69) is 9.46 Å². The van der Waals surface area contributed by atoms with Crippen LogP contribution in [0.25, 0.3) is 0 Å². The Bertz CT molecular complexity index is 473. The van der Waals surface area contributed by atoms with Gasteiger partial charge < -0.3 is 10.8 Å². The van der Waals surface area contributed by atoms with Crippen molar-refractivity contribution in [2.75, 3.05) is 0 Å². The van der Waals surface area contributed by atoms with Crippen LogP contribution in [0.4, 0.5) is 9.05 Å². The SMILES string of the molecule is N[C@H](Cc1ccc(CP(=O)(OF)OF)cc1)C(=O)O. The summed E-state index contributed by atoms with van der Waals surface area (Å²) in [7, 11) is -4.41. The average Bonchev–Trinajstić information content (AvgIpc) is 2.40. The van der Waals surface area contributed by atoms with E-state index in [1.54, 1.807) is 0 Å². The first-order valence-corrected chi connectivity index (χ1v) is 6.89. The van der Waals surface area contributed by atoms with Gasteiger partial charge in [-0.1, -0.05) is 24.3 Å². The fourth-order valence-corrected chi connectivity index (χ4v) is 2.18. The van der Waals surface area contributed by atoms with Gasteiger partial charge in [0.1, 0.15) is 6.04 Å². The van der Waals surface area contributed by atoms with E-state index in [9.17, 15) is 18.4 Å². The standard InChI is InChI=1S/C10H12F2NO5P/c11-17-19(16,18-12)6-8-3-1-7(2-4-8)5-9(13)10(14)15/h1-4,9H,5-6,13H2,(H,14,15)/t9-/m1/s1. The molecule has 1 aromatic carbocycles. The lowest BCUT2D eigenvalue weighted by atomic mass is 10.1. The van der Waals surface area contributed by atoms with E-state index in [4.69, 9.17) is 10.8 Å². The van der Waals surface area contributed by atoms with Crippen LogP contribution in [0.3, 0.4) is 0 Å². The third kappa shape index (κ3) is 4.68. The Morgan fingerprint density at radius 3 is 2.16 bits per heavy atom. The van der Waals surface area contributed by atoms with E-state index < -0.39 is 25.8 Å². The molecule has 1 aromatic rings. The quantitative estimate of drug-likeness (QED) is 0.748. The molecule has 0 amide bonds. The first-order chi connectivity index (χ1) is 8.90. The molecule has 0 heterocycles. The second-order valence-corrected chi connectivity index (χ2v) is 5.69. The minimum Gasteiger partial charge on any atom is -0.480 e. The summed E-state index contributed by atoms with van der Waals surface area (Å²) < 4.78 is 40.9. The lowest BCUT2D eigenvalue weighted by Gasteiger charge is -2.09. The van der Waals surface area contributed by atoms with Gasteiger partial charge in [-0.05, 0) is 26.6 Å². The third-order valence-electron chi connectivity index (χ3n) is 2.38. The molecular formula is C10H12F2NO5P. The van der Waals surface area contributed by atoms with Gasteiger partial charge in [-0.3, -0.25) is 9.36 Å². The molecule has 0 aliphatic carbocycles. The van der Waals surface area contributed by atoms with Crippen LogP contribution in [0.2, 0.25) is 0 Å². The zero-order valence-corrected chi connectivity index (χ0v) is 10.6. The number of halogens is 2. The Morgan fingerprint density at radius 2 is 1.74 bits per heavy atom. The molecule has 0 saturated carbocycles. The highest BCUT2D eigenvalue weighted by Crippen LogP contribution is 2.52. The zero-order valence-electron chi connectivity index (χ0n) is 9.66. The van der Waals surface area contributed by atoms with Gasteiger partial charge in [0.05, 0.1) is 6.16 Å². The molecule has 0 unspecified atom stereocenters. The predicted molar refractivity (Wildman–Crippen MR) is 61.5 cm³/mol. The Balaban J connectivity index is 2.72. The number of hydrogen-bond acceptors (Lipinski definition) is 5. The fourth-order valence-electron chi connectivity index (χ4n) is 1.41. The highest BCUT2D eigenvalue weighted by atomic mass is 31.2. The highest BCUT2D eigenvalue weighted by molar-refractivity contribution is 7.52. The van der Waals surface area contributed by atoms with Crippen molar-refractivity contribution in [3.63, 3.8) is 0 Å². The largest absolute Gasteiger partial charge is 0.480 e. The second kappa shape index (κ2) is 6.72. The number of carboxylic acids is 1. The minimum absolute atomic E-state index is 0.104. The average molecular weight is 295 g/mol. The Kier molecular flexibility index (Phi) is 5.56. The maximum atomic E-state index is 11.9. The molecule has 0 saturated heterocycles. The van der Waals surface area contributed by atoms with Crippen molar-refractivity contribution in [3.05, 3.63) is 35.4 Å². The Morgan fingerprint density at radius 1 is 1.26 bits per heavy atom. The molecule has 1 rings (SSSR count). The molecule has 9 heteroatoms. The van der Waals surface area contributed by atoms with Gasteiger partial charge in [0, 0.05) is 0 Å². The summed E-state index contributed by atoms with van der Waals surface area (Å²) >= 11 is 0. The van der Waals surface area contributed by atoms with Crippen LogP contribution >= 0.6 is 7.60 Å². The Labute approximate surface area is 107 Å². The topological polar surface area (TPSA) is 98.9 Å². The number of rotatable bonds is 7. The fraction of sp³-hybridized carbons (Fsp3) is 0.300. The molecule has 3 N–H and O–H groups in total. The molecule has 0 fully saturated rings.